The second-order valence-corrected chi connectivity index (χ2v) is 12.0. The van der Waals surface area contributed by atoms with Gasteiger partial charge in [0.1, 0.15) is 23.9 Å². The van der Waals surface area contributed by atoms with E-state index in [1.165, 1.54) is 0 Å². The van der Waals surface area contributed by atoms with Crippen LogP contribution in [0.2, 0.25) is 0 Å². The molecule has 1 saturated carbocycles. The Morgan fingerprint density at radius 3 is 2.58 bits per heavy atom. The van der Waals surface area contributed by atoms with Crippen molar-refractivity contribution in [3.63, 3.8) is 0 Å². The van der Waals surface area contributed by atoms with Crippen molar-refractivity contribution in [3.8, 4) is 11.6 Å². The van der Waals surface area contributed by atoms with Crippen LogP contribution in [0.25, 0.3) is 10.9 Å². The van der Waals surface area contributed by atoms with Crippen molar-refractivity contribution in [2.75, 3.05) is 50.6 Å². The van der Waals surface area contributed by atoms with Crippen molar-refractivity contribution in [2.24, 2.45) is 12.2 Å². The molecule has 1 saturated heterocycles. The van der Waals surface area contributed by atoms with Crippen molar-refractivity contribution in [1.29, 1.82) is 0 Å². The number of H-pyrrole nitrogens is 1. The first-order valence-corrected chi connectivity index (χ1v) is 15.5. The molecule has 2 fully saturated rings. The summed E-state index contributed by atoms with van der Waals surface area (Å²) in [4.78, 5) is 37.0. The quantitative estimate of drug-likeness (QED) is 0.187. The number of morpholine rings is 1. The number of hydrogen-bond donors (Lipinski definition) is 2. The highest BCUT2D eigenvalue weighted by Gasteiger charge is 2.26. The third kappa shape index (κ3) is 7.28. The molecule has 0 spiro atoms. The normalized spacial score (nSPS) is 19.4. The first kappa shape index (κ1) is 30.6. The van der Waals surface area contributed by atoms with Crippen LogP contribution in [-0.4, -0.2) is 82.4 Å². The van der Waals surface area contributed by atoms with Gasteiger partial charge in [-0.15, -0.1) is 0 Å². The Morgan fingerprint density at radius 2 is 1.89 bits per heavy atom. The van der Waals surface area contributed by atoms with Gasteiger partial charge in [0.2, 0.25) is 11.8 Å². The van der Waals surface area contributed by atoms with E-state index >= 15 is 0 Å². The first-order chi connectivity index (χ1) is 21.9. The minimum absolute atomic E-state index is 0.0127. The molecule has 1 unspecified atom stereocenters. The summed E-state index contributed by atoms with van der Waals surface area (Å²) in [6, 6.07) is 4.21. The van der Waals surface area contributed by atoms with Gasteiger partial charge in [-0.25, -0.2) is 19.5 Å². The molecule has 1 atom stereocenters. The van der Waals surface area contributed by atoms with Crippen LogP contribution in [0.5, 0.6) is 11.6 Å². The fourth-order valence-corrected chi connectivity index (χ4v) is 5.91. The lowest BCUT2D eigenvalue weighted by molar-refractivity contribution is -0.667. The summed E-state index contributed by atoms with van der Waals surface area (Å²) >= 11 is 0. The van der Waals surface area contributed by atoms with Gasteiger partial charge in [-0.1, -0.05) is 4.91 Å². The van der Waals surface area contributed by atoms with E-state index in [4.69, 9.17) is 24.2 Å². The van der Waals surface area contributed by atoms with E-state index in [1.807, 2.05) is 45.5 Å². The minimum atomic E-state index is -0.359. The SMILES string of the molecule is CC(Oc1cnc2cc(N3CCOCC3)nc(OC3CCC(Nc4ncc(CN(C)C)cn4)CC3)c2c1)c1c[nH]c(N=O)[n+]1C. The number of fused-ring (bicyclic) bond motifs is 1. The summed E-state index contributed by atoms with van der Waals surface area (Å²) in [6.45, 7) is 5.56. The number of nitroso groups, excluding NO2 is 1. The Kier molecular flexibility index (Phi) is 9.31. The molecule has 0 bridgehead atoms. The second-order valence-electron chi connectivity index (χ2n) is 12.0. The molecule has 14 nitrogen and oxygen atoms in total. The topological polar surface area (TPSA) is 147 Å². The predicted molar refractivity (Wildman–Crippen MR) is 169 cm³/mol. The number of ether oxygens (including phenoxy) is 3. The fourth-order valence-electron chi connectivity index (χ4n) is 5.91. The highest BCUT2D eigenvalue weighted by atomic mass is 16.5. The standard InChI is InChI=1S/C31H40N10O4/c1-20(27-18-35-31(38-42)40(27)4)44-24-13-25-26(32-17-24)14-28(41-9-11-43-12-10-41)37-29(25)45-23-7-5-22(6-8-23)36-30-33-15-21(16-34-30)19-39(2)3/h13-18,20,22-23H,5-12,19H2,1-4H3,(H,33,34,36)/p+1. The van der Waals surface area contributed by atoms with Crippen LogP contribution in [0.4, 0.5) is 17.7 Å². The Hall–Kier alpha value is -4.43. The number of nitrogens with one attached hydrogen (secondary N) is 2. The number of anilines is 2. The molecule has 14 heteroatoms. The molecule has 1 aliphatic heterocycles. The minimum Gasteiger partial charge on any atom is -0.481 e. The summed E-state index contributed by atoms with van der Waals surface area (Å²) in [7, 11) is 5.83. The van der Waals surface area contributed by atoms with Crippen molar-refractivity contribution in [3.05, 3.63) is 53.1 Å². The molecule has 2 aliphatic rings. The summed E-state index contributed by atoms with van der Waals surface area (Å²) in [5.74, 6) is 2.84. The van der Waals surface area contributed by atoms with Crippen LogP contribution in [0.15, 0.2) is 42.1 Å². The molecular formula is C31H41N10O4+. The lowest BCUT2D eigenvalue weighted by Gasteiger charge is -2.31. The van der Waals surface area contributed by atoms with Gasteiger partial charge in [0.05, 0.1) is 37.4 Å². The highest BCUT2D eigenvalue weighted by molar-refractivity contribution is 5.87. The maximum atomic E-state index is 11.1. The van der Waals surface area contributed by atoms with Crippen LogP contribution in [0.1, 0.15) is 50.0 Å². The van der Waals surface area contributed by atoms with Crippen molar-refractivity contribution < 1.29 is 18.8 Å². The predicted octanol–water partition coefficient (Wildman–Crippen LogP) is 3.81. The molecule has 238 valence electrons. The molecule has 5 heterocycles. The van der Waals surface area contributed by atoms with Gasteiger partial charge in [-0.3, -0.25) is 4.98 Å². The van der Waals surface area contributed by atoms with E-state index in [2.05, 4.69) is 35.2 Å². The van der Waals surface area contributed by atoms with Gasteiger partial charge in [0.25, 0.3) is 0 Å². The van der Waals surface area contributed by atoms with Crippen molar-refractivity contribution in [2.45, 2.75) is 57.4 Å². The Labute approximate surface area is 262 Å². The number of aromatic amines is 1. The molecule has 4 aromatic heterocycles. The summed E-state index contributed by atoms with van der Waals surface area (Å²) in [5.41, 5.74) is 2.65. The lowest BCUT2D eigenvalue weighted by Crippen LogP contribution is -2.37. The molecular weight excluding hydrogens is 576 g/mol. The zero-order chi connectivity index (χ0) is 31.3. The number of imidazole rings is 1. The van der Waals surface area contributed by atoms with E-state index < -0.39 is 0 Å². The van der Waals surface area contributed by atoms with Gasteiger partial charge in [0, 0.05) is 49.7 Å². The molecule has 2 N–H and O–H groups in total. The third-order valence-corrected chi connectivity index (χ3v) is 8.30. The van der Waals surface area contributed by atoms with E-state index in [-0.39, 0.29) is 24.2 Å². The highest BCUT2D eigenvalue weighted by Crippen LogP contribution is 2.34. The summed E-state index contributed by atoms with van der Waals surface area (Å²) in [5, 5.41) is 7.30. The third-order valence-electron chi connectivity index (χ3n) is 8.30. The van der Waals surface area contributed by atoms with Crippen LogP contribution < -0.4 is 24.3 Å². The molecule has 0 aromatic carbocycles. The van der Waals surface area contributed by atoms with Crippen LogP contribution in [-0.2, 0) is 18.3 Å². The number of pyridine rings is 2. The van der Waals surface area contributed by atoms with Gasteiger partial charge in [0.15, 0.2) is 17.0 Å². The molecule has 0 amide bonds. The molecule has 1 aliphatic carbocycles. The van der Waals surface area contributed by atoms with E-state index in [1.54, 1.807) is 24.0 Å². The van der Waals surface area contributed by atoms with Crippen LogP contribution in [0.3, 0.4) is 0 Å². The molecule has 4 aromatic rings. The summed E-state index contributed by atoms with van der Waals surface area (Å²) in [6.07, 6.45) is 10.5. The second kappa shape index (κ2) is 13.7. The van der Waals surface area contributed by atoms with Gasteiger partial charge < -0.3 is 29.3 Å². The molecule has 6 rings (SSSR count). The fraction of sp³-hybridized carbons (Fsp3) is 0.516. The monoisotopic (exact) mass is 617 g/mol. The van der Waals surface area contributed by atoms with Crippen molar-refractivity contribution in [1.82, 2.24) is 29.8 Å². The maximum Gasteiger partial charge on any atom is 0.440 e. The van der Waals surface area contributed by atoms with Gasteiger partial charge in [-0.05, 0) is 52.8 Å². The lowest BCUT2D eigenvalue weighted by atomic mass is 9.93. The molecule has 45 heavy (non-hydrogen) atoms. The largest absolute Gasteiger partial charge is 0.481 e. The number of hydrogen-bond acceptors (Lipinski definition) is 12. The summed E-state index contributed by atoms with van der Waals surface area (Å²) < 4.78 is 20.1. The van der Waals surface area contributed by atoms with Gasteiger partial charge >= 0.3 is 5.95 Å². The van der Waals surface area contributed by atoms with E-state index in [0.717, 1.165) is 73.3 Å². The van der Waals surface area contributed by atoms with Crippen LogP contribution in [0, 0.1) is 4.91 Å². The zero-order valence-electron chi connectivity index (χ0n) is 26.3. The Morgan fingerprint density at radius 1 is 1.13 bits per heavy atom. The Bertz CT molecular complexity index is 1600. The van der Waals surface area contributed by atoms with E-state index in [9.17, 15) is 4.91 Å². The smallest absolute Gasteiger partial charge is 0.440 e. The van der Waals surface area contributed by atoms with Gasteiger partial charge in [-0.2, -0.15) is 4.98 Å². The number of rotatable bonds is 11. The maximum absolute atomic E-state index is 11.1. The number of aromatic nitrogens is 6. The average Bonchev–Trinajstić information content (AvgIpc) is 3.43. The molecule has 0 radical (unpaired) electrons. The van der Waals surface area contributed by atoms with Crippen LogP contribution >= 0.6 is 0 Å². The number of nitrogens with zero attached hydrogens (tertiary/aromatic N) is 8. The Balaban J connectivity index is 1.17. The van der Waals surface area contributed by atoms with E-state index in [0.29, 0.717) is 30.8 Å². The first-order valence-electron chi connectivity index (χ1n) is 15.5. The van der Waals surface area contributed by atoms with Crippen molar-refractivity contribution >= 4 is 28.6 Å². The zero-order valence-corrected chi connectivity index (χ0v) is 26.3. The average molecular weight is 618 g/mol.